The van der Waals surface area contributed by atoms with Crippen LogP contribution in [0.2, 0.25) is 5.02 Å². The van der Waals surface area contributed by atoms with E-state index in [0.29, 0.717) is 0 Å². The molecule has 2 aromatic rings. The zero-order valence-electron chi connectivity index (χ0n) is 15.0. The SMILES string of the molecule is CCCN/C(=C\Cc1ccccc1NSc1ccccc1Cl)CCC. The highest BCUT2D eigenvalue weighted by molar-refractivity contribution is 8.00. The molecule has 0 spiro atoms. The van der Waals surface area contributed by atoms with E-state index in [-0.39, 0.29) is 0 Å². The monoisotopic (exact) mass is 374 g/mol. The van der Waals surface area contributed by atoms with Crippen molar-refractivity contribution in [3.05, 3.63) is 70.9 Å². The van der Waals surface area contributed by atoms with Crippen molar-refractivity contribution in [3.8, 4) is 0 Å². The Morgan fingerprint density at radius 3 is 2.56 bits per heavy atom. The number of hydrogen-bond acceptors (Lipinski definition) is 3. The van der Waals surface area contributed by atoms with Gasteiger partial charge in [0.2, 0.25) is 0 Å². The molecule has 0 heterocycles. The van der Waals surface area contributed by atoms with E-state index >= 15 is 0 Å². The van der Waals surface area contributed by atoms with E-state index in [9.17, 15) is 0 Å². The minimum atomic E-state index is 0.770. The summed E-state index contributed by atoms with van der Waals surface area (Å²) < 4.78 is 3.45. The maximum absolute atomic E-state index is 6.24. The fraction of sp³-hybridized carbons (Fsp3) is 0.333. The summed E-state index contributed by atoms with van der Waals surface area (Å²) in [5.74, 6) is 0. The van der Waals surface area contributed by atoms with Crippen LogP contribution in [0.1, 0.15) is 38.7 Å². The van der Waals surface area contributed by atoms with Crippen LogP contribution in [-0.4, -0.2) is 6.54 Å². The molecule has 2 aromatic carbocycles. The lowest BCUT2D eigenvalue weighted by molar-refractivity contribution is 0.712. The molecule has 2 N–H and O–H groups in total. The Morgan fingerprint density at radius 2 is 1.80 bits per heavy atom. The standard InChI is InChI=1S/C21H27ClN2S/c1-3-9-18(23-16-4-2)15-14-17-10-5-7-12-20(17)24-25-21-13-8-6-11-19(21)22/h5-8,10-13,15,23-24H,3-4,9,14,16H2,1-2H3/b18-15-. The number of nitrogens with one attached hydrogen (secondary N) is 2. The van der Waals surface area contributed by atoms with Crippen molar-refractivity contribution in [2.24, 2.45) is 0 Å². The highest BCUT2D eigenvalue weighted by atomic mass is 35.5. The molecule has 0 fully saturated rings. The van der Waals surface area contributed by atoms with Gasteiger partial charge >= 0.3 is 0 Å². The number of halogens is 1. The van der Waals surface area contributed by atoms with Gasteiger partial charge in [0, 0.05) is 22.8 Å². The number of allylic oxidation sites excluding steroid dienone is 2. The normalized spacial score (nSPS) is 11.4. The summed E-state index contributed by atoms with van der Waals surface area (Å²) >= 11 is 7.79. The molecule has 0 bridgehead atoms. The third-order valence-corrected chi connectivity index (χ3v) is 5.15. The molecular formula is C21H27ClN2S. The summed E-state index contributed by atoms with van der Waals surface area (Å²) in [5.41, 5.74) is 3.77. The molecule has 25 heavy (non-hydrogen) atoms. The minimum absolute atomic E-state index is 0.770. The maximum Gasteiger partial charge on any atom is 0.0559 e. The Hall–Kier alpha value is -1.58. The van der Waals surface area contributed by atoms with Crippen LogP contribution in [0.5, 0.6) is 0 Å². The topological polar surface area (TPSA) is 24.1 Å². The van der Waals surface area contributed by atoms with E-state index in [1.54, 1.807) is 11.9 Å². The number of hydrogen-bond donors (Lipinski definition) is 2. The van der Waals surface area contributed by atoms with Crippen molar-refractivity contribution in [1.29, 1.82) is 0 Å². The summed E-state index contributed by atoms with van der Waals surface area (Å²) in [6.45, 7) is 5.45. The van der Waals surface area contributed by atoms with E-state index in [4.69, 9.17) is 11.6 Å². The maximum atomic E-state index is 6.24. The van der Waals surface area contributed by atoms with Crippen molar-refractivity contribution in [3.63, 3.8) is 0 Å². The van der Waals surface area contributed by atoms with Gasteiger partial charge in [-0.3, -0.25) is 0 Å². The fourth-order valence-electron chi connectivity index (χ4n) is 2.49. The Bertz CT molecular complexity index is 685. The van der Waals surface area contributed by atoms with Crippen LogP contribution in [0.15, 0.2) is 65.2 Å². The Kier molecular flexibility index (Phi) is 8.78. The largest absolute Gasteiger partial charge is 0.389 e. The van der Waals surface area contributed by atoms with Gasteiger partial charge in [-0.15, -0.1) is 0 Å². The van der Waals surface area contributed by atoms with Gasteiger partial charge < -0.3 is 10.0 Å². The molecule has 0 unspecified atom stereocenters. The molecule has 0 saturated heterocycles. The van der Waals surface area contributed by atoms with E-state index < -0.39 is 0 Å². The minimum Gasteiger partial charge on any atom is -0.389 e. The van der Waals surface area contributed by atoms with Gasteiger partial charge in [-0.2, -0.15) is 0 Å². The second kappa shape index (κ2) is 11.1. The first-order chi connectivity index (χ1) is 12.2. The first-order valence-corrected chi connectivity index (χ1v) is 10.1. The van der Waals surface area contributed by atoms with Gasteiger partial charge in [-0.05, 0) is 55.0 Å². The highest BCUT2D eigenvalue weighted by Crippen LogP contribution is 2.29. The predicted molar refractivity (Wildman–Crippen MR) is 112 cm³/mol. The zero-order chi connectivity index (χ0) is 17.9. The lowest BCUT2D eigenvalue weighted by atomic mass is 10.1. The van der Waals surface area contributed by atoms with Gasteiger partial charge in [0.15, 0.2) is 0 Å². The van der Waals surface area contributed by atoms with Crippen LogP contribution in [0.3, 0.4) is 0 Å². The van der Waals surface area contributed by atoms with E-state index in [1.807, 2.05) is 24.3 Å². The summed E-state index contributed by atoms with van der Waals surface area (Å²) in [7, 11) is 0. The molecule has 134 valence electrons. The highest BCUT2D eigenvalue weighted by Gasteiger charge is 2.04. The average molecular weight is 375 g/mol. The van der Waals surface area contributed by atoms with E-state index in [2.05, 4.69) is 54.2 Å². The number of rotatable bonds is 10. The van der Waals surface area contributed by atoms with Crippen LogP contribution in [0.4, 0.5) is 5.69 Å². The fourth-order valence-corrected chi connectivity index (χ4v) is 3.47. The van der Waals surface area contributed by atoms with E-state index in [0.717, 1.165) is 47.8 Å². The molecule has 0 aliphatic heterocycles. The van der Waals surface area contributed by atoms with Crippen molar-refractivity contribution in [1.82, 2.24) is 5.32 Å². The van der Waals surface area contributed by atoms with Crippen molar-refractivity contribution in [2.45, 2.75) is 44.4 Å². The summed E-state index contributed by atoms with van der Waals surface area (Å²) in [6.07, 6.45) is 6.64. The van der Waals surface area contributed by atoms with Crippen LogP contribution in [-0.2, 0) is 6.42 Å². The molecule has 2 rings (SSSR count). The second-order valence-corrected chi connectivity index (χ2v) is 7.16. The Labute approximate surface area is 161 Å². The van der Waals surface area contributed by atoms with Gasteiger partial charge in [-0.25, -0.2) is 0 Å². The molecule has 0 atom stereocenters. The van der Waals surface area contributed by atoms with Crippen LogP contribution < -0.4 is 10.0 Å². The van der Waals surface area contributed by atoms with Gasteiger partial charge in [0.1, 0.15) is 0 Å². The molecule has 0 aliphatic carbocycles. The quantitative estimate of drug-likeness (QED) is 0.453. The molecule has 0 radical (unpaired) electrons. The Morgan fingerprint density at radius 1 is 1.04 bits per heavy atom. The Balaban J connectivity index is 2.05. The van der Waals surface area contributed by atoms with E-state index in [1.165, 1.54) is 11.3 Å². The van der Waals surface area contributed by atoms with Crippen molar-refractivity contribution < 1.29 is 0 Å². The molecule has 0 saturated carbocycles. The van der Waals surface area contributed by atoms with Gasteiger partial charge in [-0.1, -0.05) is 68.3 Å². The first kappa shape index (κ1) is 19.7. The molecule has 4 heteroatoms. The van der Waals surface area contributed by atoms with Crippen molar-refractivity contribution >= 4 is 29.2 Å². The van der Waals surface area contributed by atoms with Crippen LogP contribution >= 0.6 is 23.5 Å². The molecule has 0 aliphatic rings. The first-order valence-electron chi connectivity index (χ1n) is 8.92. The average Bonchev–Trinajstić information content (AvgIpc) is 2.64. The smallest absolute Gasteiger partial charge is 0.0559 e. The van der Waals surface area contributed by atoms with Gasteiger partial charge in [0.25, 0.3) is 0 Å². The summed E-state index contributed by atoms with van der Waals surface area (Å²) in [5, 5.41) is 4.31. The number of para-hydroxylation sites is 1. The van der Waals surface area contributed by atoms with Crippen LogP contribution in [0.25, 0.3) is 0 Å². The zero-order valence-corrected chi connectivity index (χ0v) is 16.6. The lowest BCUT2D eigenvalue weighted by Crippen LogP contribution is -2.14. The van der Waals surface area contributed by atoms with Crippen LogP contribution in [0, 0.1) is 0 Å². The van der Waals surface area contributed by atoms with Gasteiger partial charge in [0.05, 0.1) is 5.02 Å². The molecular weight excluding hydrogens is 348 g/mol. The van der Waals surface area contributed by atoms with Crippen molar-refractivity contribution in [2.75, 3.05) is 11.3 Å². The third kappa shape index (κ3) is 6.68. The number of anilines is 1. The molecule has 0 aromatic heterocycles. The summed E-state index contributed by atoms with van der Waals surface area (Å²) in [4.78, 5) is 1.03. The third-order valence-electron chi connectivity index (χ3n) is 3.81. The lowest BCUT2D eigenvalue weighted by Gasteiger charge is -2.13. The molecule has 0 amide bonds. The number of benzene rings is 2. The summed E-state index contributed by atoms with van der Waals surface area (Å²) in [6, 6.07) is 16.3. The molecule has 2 nitrogen and oxygen atoms in total. The predicted octanol–water partition coefficient (Wildman–Crippen LogP) is 6.69. The second-order valence-electron chi connectivity index (χ2n) is 5.90.